The van der Waals surface area contributed by atoms with Gasteiger partial charge in [0.05, 0.1) is 6.42 Å². The summed E-state index contributed by atoms with van der Waals surface area (Å²) >= 11 is 1.61. The minimum Gasteiger partial charge on any atom is -0.382 e. The Kier molecular flexibility index (Phi) is 3.51. The summed E-state index contributed by atoms with van der Waals surface area (Å²) in [5.41, 5.74) is 1.97. The highest BCUT2D eigenvalue weighted by molar-refractivity contribution is 7.10. The van der Waals surface area contributed by atoms with Crippen LogP contribution in [0.1, 0.15) is 17.7 Å². The molecule has 0 unspecified atom stereocenters. The van der Waals surface area contributed by atoms with Gasteiger partial charge in [0, 0.05) is 22.3 Å². The third kappa shape index (κ3) is 3.58. The Morgan fingerprint density at radius 3 is 2.53 bits per heavy atom. The van der Waals surface area contributed by atoms with Crippen molar-refractivity contribution in [1.29, 1.82) is 0 Å². The van der Waals surface area contributed by atoms with E-state index >= 15 is 0 Å². The maximum absolute atomic E-state index is 11.8. The highest BCUT2D eigenvalue weighted by atomic mass is 32.1. The number of hydrogen-bond donors (Lipinski definition) is 2. The highest BCUT2D eigenvalue weighted by Crippen LogP contribution is 2.25. The molecule has 3 rings (SSSR count). The lowest BCUT2D eigenvalue weighted by atomic mass is 10.2. The van der Waals surface area contributed by atoms with Crippen LogP contribution in [0.2, 0.25) is 0 Å². The van der Waals surface area contributed by atoms with Crippen molar-refractivity contribution in [3.05, 3.63) is 46.7 Å². The van der Waals surface area contributed by atoms with Crippen LogP contribution in [0.3, 0.4) is 0 Å². The number of rotatable bonds is 5. The molecule has 98 valence electrons. The molecule has 1 amide bonds. The second-order valence-corrected chi connectivity index (χ2v) is 5.83. The van der Waals surface area contributed by atoms with Crippen molar-refractivity contribution in [3.63, 3.8) is 0 Å². The van der Waals surface area contributed by atoms with E-state index in [1.165, 1.54) is 12.8 Å². The van der Waals surface area contributed by atoms with Crippen molar-refractivity contribution < 1.29 is 4.79 Å². The third-order valence-corrected chi connectivity index (χ3v) is 3.91. The van der Waals surface area contributed by atoms with Gasteiger partial charge in [-0.2, -0.15) is 0 Å². The minimum atomic E-state index is 0.0327. The van der Waals surface area contributed by atoms with E-state index in [0.717, 1.165) is 16.3 Å². The topological polar surface area (TPSA) is 41.1 Å². The van der Waals surface area contributed by atoms with E-state index in [1.54, 1.807) is 11.3 Å². The lowest BCUT2D eigenvalue weighted by Crippen LogP contribution is -2.13. The van der Waals surface area contributed by atoms with E-state index in [1.807, 2.05) is 41.8 Å². The number of amides is 1. The zero-order chi connectivity index (χ0) is 13.1. The van der Waals surface area contributed by atoms with Gasteiger partial charge in [-0.25, -0.2) is 0 Å². The molecule has 1 aromatic carbocycles. The molecule has 1 heterocycles. The van der Waals surface area contributed by atoms with Crippen LogP contribution in [0, 0.1) is 0 Å². The maximum atomic E-state index is 11.8. The van der Waals surface area contributed by atoms with Crippen LogP contribution in [-0.4, -0.2) is 11.9 Å². The van der Waals surface area contributed by atoms with Crippen molar-refractivity contribution in [1.82, 2.24) is 0 Å². The first kappa shape index (κ1) is 12.2. The Morgan fingerprint density at radius 1 is 1.16 bits per heavy atom. The fourth-order valence-corrected chi connectivity index (χ4v) is 2.59. The van der Waals surface area contributed by atoms with Crippen LogP contribution in [-0.2, 0) is 11.2 Å². The van der Waals surface area contributed by atoms with Gasteiger partial charge in [0.2, 0.25) is 5.91 Å². The van der Waals surface area contributed by atoms with E-state index in [-0.39, 0.29) is 5.91 Å². The summed E-state index contributed by atoms with van der Waals surface area (Å²) in [6, 6.07) is 12.5. The lowest BCUT2D eigenvalue weighted by Gasteiger charge is -2.07. The Balaban J connectivity index is 1.55. The molecule has 1 aliphatic carbocycles. The van der Waals surface area contributed by atoms with Gasteiger partial charge in [0.25, 0.3) is 0 Å². The van der Waals surface area contributed by atoms with Gasteiger partial charge in [-0.3, -0.25) is 4.79 Å². The molecule has 1 aromatic heterocycles. The number of carbonyl (C=O) groups is 1. The molecule has 0 bridgehead atoms. The van der Waals surface area contributed by atoms with Crippen molar-refractivity contribution in [2.24, 2.45) is 0 Å². The van der Waals surface area contributed by atoms with Gasteiger partial charge in [0.1, 0.15) is 0 Å². The summed E-state index contributed by atoms with van der Waals surface area (Å²) in [4.78, 5) is 12.9. The van der Waals surface area contributed by atoms with E-state index in [0.29, 0.717) is 12.5 Å². The van der Waals surface area contributed by atoms with Gasteiger partial charge in [-0.15, -0.1) is 11.3 Å². The normalized spacial score (nSPS) is 14.1. The van der Waals surface area contributed by atoms with Crippen molar-refractivity contribution in [2.45, 2.75) is 25.3 Å². The first-order valence-corrected chi connectivity index (χ1v) is 7.36. The van der Waals surface area contributed by atoms with Crippen LogP contribution in [0.25, 0.3) is 0 Å². The first-order valence-electron chi connectivity index (χ1n) is 6.48. The summed E-state index contributed by atoms with van der Waals surface area (Å²) in [6.07, 6.45) is 2.97. The number of carbonyl (C=O) groups excluding carboxylic acids is 1. The number of nitrogens with one attached hydrogen (secondary N) is 2. The summed E-state index contributed by atoms with van der Waals surface area (Å²) in [5.74, 6) is 0.0327. The predicted molar refractivity (Wildman–Crippen MR) is 79.7 cm³/mol. The van der Waals surface area contributed by atoms with E-state index in [9.17, 15) is 4.79 Å². The van der Waals surface area contributed by atoms with Gasteiger partial charge in [-0.1, -0.05) is 6.07 Å². The molecule has 2 aromatic rings. The van der Waals surface area contributed by atoms with Crippen molar-refractivity contribution in [2.75, 3.05) is 10.6 Å². The average Bonchev–Trinajstić information content (AvgIpc) is 3.07. The van der Waals surface area contributed by atoms with E-state index in [4.69, 9.17) is 0 Å². The number of thiophene rings is 1. The molecule has 3 nitrogen and oxygen atoms in total. The second kappa shape index (κ2) is 5.45. The van der Waals surface area contributed by atoms with Gasteiger partial charge < -0.3 is 10.6 Å². The van der Waals surface area contributed by atoms with Crippen LogP contribution in [0.15, 0.2) is 41.8 Å². The summed E-state index contributed by atoms with van der Waals surface area (Å²) in [5, 5.41) is 8.33. The maximum Gasteiger partial charge on any atom is 0.229 e. The van der Waals surface area contributed by atoms with E-state index < -0.39 is 0 Å². The molecular weight excluding hydrogens is 256 g/mol. The summed E-state index contributed by atoms with van der Waals surface area (Å²) < 4.78 is 0. The number of benzene rings is 1. The molecule has 4 heteroatoms. The lowest BCUT2D eigenvalue weighted by molar-refractivity contribution is -0.115. The van der Waals surface area contributed by atoms with E-state index in [2.05, 4.69) is 10.6 Å². The Labute approximate surface area is 116 Å². The molecule has 1 fully saturated rings. The standard InChI is InChI=1S/C15H16N2OS/c18-15(10-14-2-1-9-19-14)17-13-7-5-12(6-8-13)16-11-3-4-11/h1-2,5-9,11,16H,3-4,10H2,(H,17,18). The molecule has 2 N–H and O–H groups in total. The molecule has 1 aliphatic rings. The van der Waals surface area contributed by atoms with Crippen LogP contribution < -0.4 is 10.6 Å². The van der Waals surface area contributed by atoms with Gasteiger partial charge in [0.15, 0.2) is 0 Å². The fraction of sp³-hybridized carbons (Fsp3) is 0.267. The summed E-state index contributed by atoms with van der Waals surface area (Å²) in [6.45, 7) is 0. The molecule has 19 heavy (non-hydrogen) atoms. The smallest absolute Gasteiger partial charge is 0.229 e. The highest BCUT2D eigenvalue weighted by Gasteiger charge is 2.20. The largest absolute Gasteiger partial charge is 0.382 e. The Hall–Kier alpha value is -1.81. The molecule has 0 atom stereocenters. The molecular formula is C15H16N2OS. The summed E-state index contributed by atoms with van der Waals surface area (Å²) in [7, 11) is 0. The zero-order valence-electron chi connectivity index (χ0n) is 10.6. The Bertz CT molecular complexity index is 544. The quantitative estimate of drug-likeness (QED) is 0.874. The zero-order valence-corrected chi connectivity index (χ0v) is 11.4. The van der Waals surface area contributed by atoms with Crippen LogP contribution in [0.4, 0.5) is 11.4 Å². The average molecular weight is 272 g/mol. The molecule has 0 spiro atoms. The molecule has 0 saturated heterocycles. The molecule has 0 radical (unpaired) electrons. The number of anilines is 2. The van der Waals surface area contributed by atoms with Crippen molar-refractivity contribution in [3.8, 4) is 0 Å². The monoisotopic (exact) mass is 272 g/mol. The molecule has 1 saturated carbocycles. The fourth-order valence-electron chi connectivity index (χ4n) is 1.89. The minimum absolute atomic E-state index is 0.0327. The van der Waals surface area contributed by atoms with Gasteiger partial charge in [-0.05, 0) is 48.6 Å². The van der Waals surface area contributed by atoms with Crippen LogP contribution in [0.5, 0.6) is 0 Å². The van der Waals surface area contributed by atoms with Gasteiger partial charge >= 0.3 is 0 Å². The number of hydrogen-bond acceptors (Lipinski definition) is 3. The first-order chi connectivity index (χ1) is 9.29. The Morgan fingerprint density at radius 2 is 1.89 bits per heavy atom. The second-order valence-electron chi connectivity index (χ2n) is 4.80. The molecule has 0 aliphatic heterocycles. The van der Waals surface area contributed by atoms with Crippen molar-refractivity contribution >= 4 is 28.6 Å². The SMILES string of the molecule is O=C(Cc1cccs1)Nc1ccc(NC2CC2)cc1. The third-order valence-electron chi connectivity index (χ3n) is 3.03. The predicted octanol–water partition coefficient (Wildman–Crippen LogP) is 3.50. The van der Waals surface area contributed by atoms with Crippen LogP contribution >= 0.6 is 11.3 Å².